The van der Waals surface area contributed by atoms with Crippen molar-refractivity contribution >= 4 is 0 Å². The van der Waals surface area contributed by atoms with Gasteiger partial charge in [0, 0.05) is 12.6 Å². The van der Waals surface area contributed by atoms with E-state index in [1.807, 2.05) is 13.8 Å². The van der Waals surface area contributed by atoms with Crippen LogP contribution in [-0.4, -0.2) is 24.0 Å². The van der Waals surface area contributed by atoms with Crippen molar-refractivity contribution in [3.8, 4) is 0 Å². The number of rotatable bonds is 1. The topological polar surface area (TPSA) is 3.24 Å². The number of nitrogens with zero attached hydrogens (tertiary/aromatic N) is 1. The molecule has 1 heteroatoms. The highest BCUT2D eigenvalue weighted by atomic mass is 15.2. The Morgan fingerprint density at radius 2 is 1.39 bits per heavy atom. The van der Waals surface area contributed by atoms with Gasteiger partial charge in [0.1, 0.15) is 0 Å². The third kappa shape index (κ3) is 8.13. The molecule has 2 fully saturated rings. The van der Waals surface area contributed by atoms with Crippen molar-refractivity contribution in [2.24, 2.45) is 11.8 Å². The fraction of sp³-hybridized carbons (Fsp3) is 1.00. The SMILES string of the molecule is CC.CC(C)C.CC1CCN(C2CCCCC2)C1. The summed E-state index contributed by atoms with van der Waals surface area (Å²) in [6.45, 7) is 15.7. The molecule has 0 radical (unpaired) electrons. The molecule has 1 heterocycles. The lowest BCUT2D eigenvalue weighted by atomic mass is 9.94. The number of likely N-dealkylation sites (tertiary alicyclic amines) is 1. The first-order valence-electron chi connectivity index (χ1n) is 8.33. The molecule has 1 unspecified atom stereocenters. The lowest BCUT2D eigenvalue weighted by Gasteiger charge is -2.30. The number of hydrogen-bond donors (Lipinski definition) is 0. The van der Waals surface area contributed by atoms with Gasteiger partial charge in [-0.1, -0.05) is 60.8 Å². The van der Waals surface area contributed by atoms with E-state index in [4.69, 9.17) is 0 Å². The van der Waals surface area contributed by atoms with Crippen molar-refractivity contribution in [1.29, 1.82) is 0 Å². The van der Waals surface area contributed by atoms with Crippen LogP contribution in [0.4, 0.5) is 0 Å². The van der Waals surface area contributed by atoms with Gasteiger partial charge in [-0.3, -0.25) is 0 Å². The molecule has 1 saturated carbocycles. The molecule has 1 nitrogen and oxygen atoms in total. The molecular weight excluding hydrogens is 218 g/mol. The second-order valence-electron chi connectivity index (χ2n) is 6.41. The van der Waals surface area contributed by atoms with Crippen molar-refractivity contribution < 1.29 is 0 Å². The maximum absolute atomic E-state index is 2.74. The lowest BCUT2D eigenvalue weighted by molar-refractivity contribution is 0.186. The molecule has 1 aliphatic heterocycles. The summed E-state index contributed by atoms with van der Waals surface area (Å²) in [5.74, 6) is 1.80. The largest absolute Gasteiger partial charge is 0.300 e. The van der Waals surface area contributed by atoms with E-state index in [1.54, 1.807) is 0 Å². The summed E-state index contributed by atoms with van der Waals surface area (Å²) in [5.41, 5.74) is 0. The van der Waals surface area contributed by atoms with E-state index >= 15 is 0 Å². The Labute approximate surface area is 116 Å². The Hall–Kier alpha value is -0.0400. The molecule has 0 amide bonds. The summed E-state index contributed by atoms with van der Waals surface area (Å²) >= 11 is 0. The number of hydrogen-bond acceptors (Lipinski definition) is 1. The highest BCUT2D eigenvalue weighted by Crippen LogP contribution is 2.27. The molecule has 2 aliphatic rings. The van der Waals surface area contributed by atoms with Crippen molar-refractivity contribution in [2.45, 2.75) is 86.1 Å². The molecule has 1 saturated heterocycles. The Morgan fingerprint density at radius 1 is 0.889 bits per heavy atom. The third-order valence-electron chi connectivity index (χ3n) is 3.55. The van der Waals surface area contributed by atoms with Crippen molar-refractivity contribution in [1.82, 2.24) is 4.90 Å². The predicted molar refractivity (Wildman–Crippen MR) is 84.1 cm³/mol. The van der Waals surface area contributed by atoms with Gasteiger partial charge in [0.2, 0.25) is 0 Å². The molecule has 1 aliphatic carbocycles. The van der Waals surface area contributed by atoms with Gasteiger partial charge in [-0.05, 0) is 37.6 Å². The van der Waals surface area contributed by atoms with Crippen LogP contribution in [-0.2, 0) is 0 Å². The first-order valence-corrected chi connectivity index (χ1v) is 8.33. The zero-order chi connectivity index (χ0) is 14.0. The zero-order valence-corrected chi connectivity index (χ0v) is 13.8. The predicted octanol–water partition coefficient (Wildman–Crippen LogP) is 5.35. The van der Waals surface area contributed by atoms with E-state index < -0.39 is 0 Å². The van der Waals surface area contributed by atoms with Crippen molar-refractivity contribution in [3.63, 3.8) is 0 Å². The van der Waals surface area contributed by atoms with E-state index in [0.29, 0.717) is 0 Å². The Morgan fingerprint density at radius 3 is 1.78 bits per heavy atom. The highest BCUT2D eigenvalue weighted by Gasteiger charge is 2.26. The Kier molecular flexibility index (Phi) is 10.8. The van der Waals surface area contributed by atoms with Gasteiger partial charge in [0.05, 0.1) is 0 Å². The monoisotopic (exact) mass is 255 g/mol. The Bertz CT molecular complexity index is 165. The van der Waals surface area contributed by atoms with Crippen LogP contribution < -0.4 is 0 Å². The molecule has 2 rings (SSSR count). The maximum atomic E-state index is 2.74. The van der Waals surface area contributed by atoms with E-state index in [0.717, 1.165) is 17.9 Å². The molecule has 0 N–H and O–H groups in total. The molecule has 110 valence electrons. The quantitative estimate of drug-likeness (QED) is 0.610. The molecule has 0 bridgehead atoms. The zero-order valence-electron chi connectivity index (χ0n) is 13.8. The fourth-order valence-corrected chi connectivity index (χ4v) is 2.75. The van der Waals surface area contributed by atoms with Crippen LogP contribution in [0.1, 0.15) is 80.1 Å². The minimum Gasteiger partial charge on any atom is -0.300 e. The standard InChI is InChI=1S/C11H21N.C4H10.C2H6/c1-10-7-8-12(9-10)11-5-3-2-4-6-11;1-4(2)3;1-2/h10-11H,2-9H2,1H3;4H,1-3H3;1-2H3. The van der Waals surface area contributed by atoms with E-state index in [2.05, 4.69) is 32.6 Å². The molecule has 18 heavy (non-hydrogen) atoms. The molecule has 0 aromatic heterocycles. The second-order valence-corrected chi connectivity index (χ2v) is 6.41. The normalized spacial score (nSPS) is 25.2. The summed E-state index contributed by atoms with van der Waals surface area (Å²) < 4.78 is 0. The molecule has 0 aromatic carbocycles. The molecule has 1 atom stereocenters. The smallest absolute Gasteiger partial charge is 0.00953 e. The van der Waals surface area contributed by atoms with Gasteiger partial charge in [0.15, 0.2) is 0 Å². The van der Waals surface area contributed by atoms with Gasteiger partial charge in [-0.2, -0.15) is 0 Å². The van der Waals surface area contributed by atoms with Crippen LogP contribution >= 0.6 is 0 Å². The first-order chi connectivity index (χ1) is 8.59. The molecular formula is C17H37N. The highest BCUT2D eigenvalue weighted by molar-refractivity contribution is 4.81. The summed E-state index contributed by atoms with van der Waals surface area (Å²) in [6.07, 6.45) is 8.85. The van der Waals surface area contributed by atoms with Crippen LogP contribution in [0.25, 0.3) is 0 Å². The summed E-state index contributed by atoms with van der Waals surface area (Å²) in [5, 5.41) is 0. The average molecular weight is 255 g/mol. The third-order valence-corrected chi connectivity index (χ3v) is 3.55. The van der Waals surface area contributed by atoms with Gasteiger partial charge in [-0.25, -0.2) is 0 Å². The lowest BCUT2D eigenvalue weighted by Crippen LogP contribution is -2.34. The van der Waals surface area contributed by atoms with Crippen molar-refractivity contribution in [2.75, 3.05) is 13.1 Å². The Balaban J connectivity index is 0.000000415. The average Bonchev–Trinajstić information content (AvgIpc) is 2.79. The van der Waals surface area contributed by atoms with E-state index in [-0.39, 0.29) is 0 Å². The minimum atomic E-state index is 0.833. The van der Waals surface area contributed by atoms with Crippen LogP contribution in [0.15, 0.2) is 0 Å². The minimum absolute atomic E-state index is 0.833. The van der Waals surface area contributed by atoms with Gasteiger partial charge in [-0.15, -0.1) is 0 Å². The summed E-state index contributed by atoms with van der Waals surface area (Å²) in [4.78, 5) is 2.74. The van der Waals surface area contributed by atoms with Gasteiger partial charge in [0.25, 0.3) is 0 Å². The summed E-state index contributed by atoms with van der Waals surface area (Å²) in [6, 6.07) is 0.962. The maximum Gasteiger partial charge on any atom is 0.00953 e. The van der Waals surface area contributed by atoms with E-state index in [1.165, 1.54) is 51.6 Å². The second kappa shape index (κ2) is 10.8. The van der Waals surface area contributed by atoms with E-state index in [9.17, 15) is 0 Å². The molecule has 0 aromatic rings. The van der Waals surface area contributed by atoms with Crippen LogP contribution in [0, 0.1) is 11.8 Å². The van der Waals surface area contributed by atoms with Gasteiger partial charge < -0.3 is 4.90 Å². The first kappa shape index (κ1) is 18.0. The summed E-state index contributed by atoms with van der Waals surface area (Å²) in [7, 11) is 0. The molecule has 0 spiro atoms. The van der Waals surface area contributed by atoms with Crippen LogP contribution in [0.5, 0.6) is 0 Å². The fourth-order valence-electron chi connectivity index (χ4n) is 2.75. The van der Waals surface area contributed by atoms with Crippen molar-refractivity contribution in [3.05, 3.63) is 0 Å². The van der Waals surface area contributed by atoms with Crippen LogP contribution in [0.3, 0.4) is 0 Å². The van der Waals surface area contributed by atoms with Gasteiger partial charge >= 0.3 is 0 Å². The van der Waals surface area contributed by atoms with Crippen LogP contribution in [0.2, 0.25) is 0 Å².